The van der Waals surface area contributed by atoms with Gasteiger partial charge in [0.2, 0.25) is 0 Å². The van der Waals surface area contributed by atoms with Crippen molar-refractivity contribution in [2.45, 2.75) is 38.5 Å². The summed E-state index contributed by atoms with van der Waals surface area (Å²) in [6.07, 6.45) is 0. The molecule has 0 aliphatic heterocycles. The van der Waals surface area contributed by atoms with Gasteiger partial charge in [0.15, 0.2) is 34.9 Å². The lowest BCUT2D eigenvalue weighted by Gasteiger charge is -2.25. The van der Waals surface area contributed by atoms with Gasteiger partial charge in [-0.25, -0.2) is 29.9 Å². The van der Waals surface area contributed by atoms with Crippen LogP contribution in [0.15, 0.2) is 182 Å². The van der Waals surface area contributed by atoms with E-state index in [0.717, 1.165) is 38.8 Å². The number of nitrogens with zero attached hydrogens (tertiary/aromatic N) is 6. The van der Waals surface area contributed by atoms with Gasteiger partial charge in [-0.3, -0.25) is 0 Å². The number of aromatic nitrogens is 6. The number of hydrogen-bond acceptors (Lipinski definition) is 6. The number of benzene rings is 8. The molecule has 0 amide bonds. The van der Waals surface area contributed by atoms with E-state index in [0.29, 0.717) is 34.9 Å². The minimum Gasteiger partial charge on any atom is -0.208 e. The van der Waals surface area contributed by atoms with E-state index in [-0.39, 0.29) is 10.8 Å². The summed E-state index contributed by atoms with van der Waals surface area (Å²) >= 11 is 0. The second-order valence-electron chi connectivity index (χ2n) is 18.0. The molecule has 0 N–H and O–H groups in total. The van der Waals surface area contributed by atoms with Crippen molar-refractivity contribution < 1.29 is 0 Å². The quantitative estimate of drug-likeness (QED) is 0.166. The van der Waals surface area contributed by atoms with E-state index in [1.54, 1.807) is 0 Å². The Balaban J connectivity index is 0.934. The Morgan fingerprint density at radius 3 is 1.11 bits per heavy atom. The van der Waals surface area contributed by atoms with Crippen molar-refractivity contribution in [3.05, 3.63) is 204 Å². The molecule has 0 atom stereocenters. The summed E-state index contributed by atoms with van der Waals surface area (Å²) in [5, 5.41) is 2.41. The van der Waals surface area contributed by atoms with E-state index in [4.69, 9.17) is 29.9 Å². The SMILES string of the molecule is CC1(C)c2cc(-c3nc(-c4ccccc4)nc(-c4ccccc4)n3)ccc2-c2cc3c(cc21)-c1ccc2cc(-c4nc(-c5ccccc5)nc(-c5ccccc5)n4)ccc2c1C3(C)C. The first-order chi connectivity index (χ1) is 31.2. The van der Waals surface area contributed by atoms with Crippen molar-refractivity contribution in [2.75, 3.05) is 0 Å². The molecule has 2 aliphatic rings. The molecule has 0 radical (unpaired) electrons. The monoisotopic (exact) mass is 822 g/mol. The third kappa shape index (κ3) is 6.01. The normalized spacial score (nSPS) is 13.9. The van der Waals surface area contributed by atoms with Crippen molar-refractivity contribution in [3.8, 4) is 90.6 Å². The van der Waals surface area contributed by atoms with Gasteiger partial charge < -0.3 is 0 Å². The summed E-state index contributed by atoms with van der Waals surface area (Å²) in [4.78, 5) is 30.0. The summed E-state index contributed by atoms with van der Waals surface area (Å²) in [6, 6.07) is 63.6. The van der Waals surface area contributed by atoms with Crippen LogP contribution in [0.3, 0.4) is 0 Å². The molecule has 8 aromatic carbocycles. The van der Waals surface area contributed by atoms with Crippen molar-refractivity contribution in [3.63, 3.8) is 0 Å². The Morgan fingerprint density at radius 2 is 0.641 bits per heavy atom. The van der Waals surface area contributed by atoms with Crippen molar-refractivity contribution in [1.82, 2.24) is 29.9 Å². The van der Waals surface area contributed by atoms with Gasteiger partial charge in [0, 0.05) is 44.2 Å². The molecule has 304 valence electrons. The molecular weight excluding hydrogens is 781 g/mol. The molecule has 2 heterocycles. The van der Waals surface area contributed by atoms with Crippen molar-refractivity contribution in [2.24, 2.45) is 0 Å². The summed E-state index contributed by atoms with van der Waals surface area (Å²) < 4.78 is 0. The highest BCUT2D eigenvalue weighted by Crippen LogP contribution is 2.57. The zero-order valence-electron chi connectivity index (χ0n) is 36.0. The molecule has 12 rings (SSSR count). The predicted molar refractivity (Wildman–Crippen MR) is 258 cm³/mol. The largest absolute Gasteiger partial charge is 0.208 e. The molecule has 0 unspecified atom stereocenters. The molecule has 2 aliphatic carbocycles. The molecule has 0 saturated carbocycles. The first kappa shape index (κ1) is 37.8. The fourth-order valence-corrected chi connectivity index (χ4v) is 10.0. The summed E-state index contributed by atoms with van der Waals surface area (Å²) in [7, 11) is 0. The third-order valence-corrected chi connectivity index (χ3v) is 13.3. The Labute approximate surface area is 372 Å². The van der Waals surface area contributed by atoms with Gasteiger partial charge in [0.05, 0.1) is 0 Å². The van der Waals surface area contributed by atoms with E-state index in [1.807, 2.05) is 97.1 Å². The maximum Gasteiger partial charge on any atom is 0.164 e. The van der Waals surface area contributed by atoms with Gasteiger partial charge in [0.1, 0.15) is 0 Å². The molecule has 6 heteroatoms. The van der Waals surface area contributed by atoms with Crippen molar-refractivity contribution in [1.29, 1.82) is 0 Å². The van der Waals surface area contributed by atoms with Gasteiger partial charge in [0.25, 0.3) is 0 Å². The molecule has 0 saturated heterocycles. The minimum absolute atomic E-state index is 0.242. The Hall–Kier alpha value is -7.96. The molecule has 0 fully saturated rings. The average Bonchev–Trinajstić information content (AvgIpc) is 3.72. The van der Waals surface area contributed by atoms with E-state index < -0.39 is 0 Å². The van der Waals surface area contributed by atoms with Crippen LogP contribution in [-0.4, -0.2) is 29.9 Å². The standard InChI is InChI=1S/C58H42N6/c1-57(2)47-32-41(56-63-53(37-21-13-7-14-22-37)60-54(64-56)38-23-15-8-16-24-38)27-29-43(47)45-33-49-46(34-48(45)57)44-30-25-39-31-40(26-28-42(39)50(44)58(49,3)4)55-61-51(35-17-9-5-10-18-35)59-52(62-55)36-19-11-6-12-20-36/h5-34H,1-4H3. The first-order valence-corrected chi connectivity index (χ1v) is 21.9. The molecule has 6 nitrogen and oxygen atoms in total. The topological polar surface area (TPSA) is 77.3 Å². The molecule has 64 heavy (non-hydrogen) atoms. The lowest BCUT2D eigenvalue weighted by Crippen LogP contribution is -2.17. The highest BCUT2D eigenvalue weighted by atomic mass is 15.0. The van der Waals surface area contributed by atoms with Gasteiger partial charge in [-0.15, -0.1) is 0 Å². The van der Waals surface area contributed by atoms with Crippen LogP contribution in [0.25, 0.3) is 101 Å². The second-order valence-corrected chi connectivity index (χ2v) is 18.0. The summed E-state index contributed by atoms with van der Waals surface area (Å²) in [6.45, 7) is 9.45. The van der Waals surface area contributed by atoms with Crippen molar-refractivity contribution >= 4 is 10.8 Å². The summed E-state index contributed by atoms with van der Waals surface area (Å²) in [5.41, 5.74) is 15.7. The van der Waals surface area contributed by atoms with Crippen LogP contribution >= 0.6 is 0 Å². The Kier molecular flexibility index (Phi) is 8.44. The minimum atomic E-state index is -0.256. The average molecular weight is 823 g/mol. The van der Waals surface area contributed by atoms with Gasteiger partial charge >= 0.3 is 0 Å². The molecular formula is C58H42N6. The van der Waals surface area contributed by atoms with Gasteiger partial charge in [-0.1, -0.05) is 185 Å². The van der Waals surface area contributed by atoms with Gasteiger partial charge in [-0.2, -0.15) is 0 Å². The maximum atomic E-state index is 5.06. The fraction of sp³-hybridized carbons (Fsp3) is 0.103. The van der Waals surface area contributed by atoms with E-state index in [9.17, 15) is 0 Å². The molecule has 0 bridgehead atoms. The van der Waals surface area contributed by atoms with E-state index >= 15 is 0 Å². The molecule has 0 spiro atoms. The third-order valence-electron chi connectivity index (χ3n) is 13.3. The zero-order chi connectivity index (χ0) is 43.2. The van der Waals surface area contributed by atoms with E-state index in [1.165, 1.54) is 49.9 Å². The molecule has 10 aromatic rings. The highest BCUT2D eigenvalue weighted by Gasteiger charge is 2.42. The number of fused-ring (bicyclic) bond motifs is 8. The smallest absolute Gasteiger partial charge is 0.164 e. The van der Waals surface area contributed by atoms with Crippen LogP contribution in [0.2, 0.25) is 0 Å². The van der Waals surface area contributed by atoms with Crippen LogP contribution in [0.4, 0.5) is 0 Å². The lowest BCUT2D eigenvalue weighted by atomic mass is 9.78. The zero-order valence-corrected chi connectivity index (χ0v) is 36.0. The van der Waals surface area contributed by atoms with Crippen LogP contribution in [0, 0.1) is 0 Å². The predicted octanol–water partition coefficient (Wildman–Crippen LogP) is 13.8. The Morgan fingerprint density at radius 1 is 0.281 bits per heavy atom. The number of hydrogen-bond donors (Lipinski definition) is 0. The van der Waals surface area contributed by atoms with E-state index in [2.05, 4.69) is 113 Å². The van der Waals surface area contributed by atoms with Crippen LogP contribution < -0.4 is 0 Å². The van der Waals surface area contributed by atoms with Gasteiger partial charge in [-0.05, 0) is 79.5 Å². The molecule has 2 aromatic heterocycles. The van der Waals surface area contributed by atoms with Crippen LogP contribution in [0.1, 0.15) is 49.9 Å². The van der Waals surface area contributed by atoms with Crippen LogP contribution in [-0.2, 0) is 10.8 Å². The maximum absolute atomic E-state index is 5.06. The van der Waals surface area contributed by atoms with Crippen LogP contribution in [0.5, 0.6) is 0 Å². The first-order valence-electron chi connectivity index (χ1n) is 21.9. The number of rotatable bonds is 6. The summed E-state index contributed by atoms with van der Waals surface area (Å²) in [5.74, 6) is 3.95. The fourth-order valence-electron chi connectivity index (χ4n) is 10.0. The lowest BCUT2D eigenvalue weighted by molar-refractivity contribution is 0.654. The highest BCUT2D eigenvalue weighted by molar-refractivity contribution is 6.00. The Bertz CT molecular complexity index is 3360. The second kappa shape index (κ2) is 14.3.